The fourth-order valence-electron chi connectivity index (χ4n) is 3.82. The molecule has 0 spiro atoms. The summed E-state index contributed by atoms with van der Waals surface area (Å²) in [4.78, 5) is 47.4. The summed E-state index contributed by atoms with van der Waals surface area (Å²) < 4.78 is 4.87. The van der Waals surface area contributed by atoms with Crippen molar-refractivity contribution in [2.24, 2.45) is 14.1 Å². The summed E-state index contributed by atoms with van der Waals surface area (Å²) in [7, 11) is 2.86. The number of aromatic hydroxyl groups is 1. The van der Waals surface area contributed by atoms with Crippen LogP contribution in [0.15, 0.2) is 38.8 Å². The van der Waals surface area contributed by atoms with E-state index in [1.807, 2.05) is 6.07 Å². The van der Waals surface area contributed by atoms with Crippen LogP contribution in [0.5, 0.6) is 5.88 Å². The molecule has 0 saturated carbocycles. The molecule has 0 fully saturated rings. The van der Waals surface area contributed by atoms with Gasteiger partial charge in [-0.05, 0) is 25.0 Å². The zero-order valence-electron chi connectivity index (χ0n) is 17.7. The van der Waals surface area contributed by atoms with E-state index in [9.17, 15) is 19.5 Å². The van der Waals surface area contributed by atoms with Crippen LogP contribution in [0.2, 0.25) is 0 Å². The molecule has 162 valence electrons. The predicted molar refractivity (Wildman–Crippen MR) is 116 cm³/mol. The van der Waals surface area contributed by atoms with Gasteiger partial charge in [0, 0.05) is 20.3 Å². The van der Waals surface area contributed by atoms with Gasteiger partial charge in [-0.15, -0.1) is 0 Å². The molecule has 0 aromatic carbocycles. The Morgan fingerprint density at radius 2 is 1.81 bits per heavy atom. The highest BCUT2D eigenvalue weighted by atomic mass is 16.3. The van der Waals surface area contributed by atoms with Crippen molar-refractivity contribution in [3.8, 4) is 5.88 Å². The number of aromatic nitrogens is 6. The summed E-state index contributed by atoms with van der Waals surface area (Å²) in [5, 5.41) is 11.0. The summed E-state index contributed by atoms with van der Waals surface area (Å²) in [6.45, 7) is 2.16. The van der Waals surface area contributed by atoms with Gasteiger partial charge in [0.2, 0.25) is 11.7 Å². The summed E-state index contributed by atoms with van der Waals surface area (Å²) >= 11 is 0. The van der Waals surface area contributed by atoms with Gasteiger partial charge < -0.3 is 5.11 Å². The number of hydrogen-bond donors (Lipinski definition) is 1. The van der Waals surface area contributed by atoms with Gasteiger partial charge in [-0.25, -0.2) is 9.20 Å². The maximum absolute atomic E-state index is 13.4. The minimum atomic E-state index is -0.594. The third kappa shape index (κ3) is 3.24. The molecule has 4 aromatic heterocycles. The van der Waals surface area contributed by atoms with Crippen LogP contribution in [-0.4, -0.2) is 33.2 Å². The number of aryl methyl sites for hydroxylation is 1. The molecule has 4 rings (SSSR count). The Labute approximate surface area is 176 Å². The molecule has 0 aliphatic carbocycles. The molecular formula is C21H24N6O4. The minimum absolute atomic E-state index is 0.0450. The minimum Gasteiger partial charge on any atom is -0.494 e. The SMILES string of the molecule is CCCCCc1c(O)n2c3c(=O)n(C)c(=O)n(C)c3nc2n(Cc2ccccn2)c1=O. The van der Waals surface area contributed by atoms with Crippen molar-refractivity contribution in [2.75, 3.05) is 0 Å². The second-order valence-electron chi connectivity index (χ2n) is 7.60. The van der Waals surface area contributed by atoms with Gasteiger partial charge in [-0.1, -0.05) is 25.8 Å². The van der Waals surface area contributed by atoms with E-state index in [0.717, 1.165) is 23.8 Å². The molecule has 4 heterocycles. The van der Waals surface area contributed by atoms with Crippen molar-refractivity contribution in [1.29, 1.82) is 0 Å². The highest BCUT2D eigenvalue weighted by Crippen LogP contribution is 2.23. The summed E-state index contributed by atoms with van der Waals surface area (Å²) in [6, 6.07) is 5.37. The zero-order chi connectivity index (χ0) is 22.3. The third-order valence-corrected chi connectivity index (χ3v) is 5.54. The molecule has 10 nitrogen and oxygen atoms in total. The Morgan fingerprint density at radius 3 is 2.48 bits per heavy atom. The number of hydrogen-bond acceptors (Lipinski definition) is 6. The van der Waals surface area contributed by atoms with Gasteiger partial charge in [0.1, 0.15) is 0 Å². The maximum atomic E-state index is 13.4. The summed E-state index contributed by atoms with van der Waals surface area (Å²) in [5.41, 5.74) is -0.529. The maximum Gasteiger partial charge on any atom is 0.332 e. The fourth-order valence-corrected chi connectivity index (χ4v) is 3.82. The Hall–Kier alpha value is -3.69. The quantitative estimate of drug-likeness (QED) is 0.460. The molecule has 0 amide bonds. The molecule has 0 radical (unpaired) electrons. The van der Waals surface area contributed by atoms with Gasteiger partial charge >= 0.3 is 5.69 Å². The normalized spacial score (nSPS) is 11.6. The van der Waals surface area contributed by atoms with E-state index >= 15 is 0 Å². The van der Waals surface area contributed by atoms with E-state index in [0.29, 0.717) is 12.1 Å². The highest BCUT2D eigenvalue weighted by molar-refractivity contribution is 5.76. The molecule has 31 heavy (non-hydrogen) atoms. The molecule has 4 aromatic rings. The standard InChI is InChI=1S/C21H24N6O4/c1-4-5-6-10-14-17(28)26(12-13-9-7-8-11-22-13)20-23-16-15(27(20)18(14)29)19(30)25(3)21(31)24(16)2/h7-9,11,29H,4-6,10,12H2,1-3H3. The molecule has 10 heteroatoms. The van der Waals surface area contributed by atoms with E-state index < -0.39 is 11.2 Å². The first-order valence-electron chi connectivity index (χ1n) is 10.2. The Balaban J connectivity index is 2.12. The Morgan fingerprint density at radius 1 is 1.03 bits per heavy atom. The first kappa shape index (κ1) is 20.6. The average Bonchev–Trinajstić information content (AvgIpc) is 3.18. The Bertz CT molecular complexity index is 1460. The van der Waals surface area contributed by atoms with Crippen molar-refractivity contribution in [2.45, 2.75) is 39.2 Å². The number of imidazole rings is 1. The van der Waals surface area contributed by atoms with Gasteiger partial charge in [-0.3, -0.25) is 28.3 Å². The van der Waals surface area contributed by atoms with Crippen molar-refractivity contribution < 1.29 is 5.11 Å². The zero-order valence-corrected chi connectivity index (χ0v) is 17.7. The Kier molecular flexibility index (Phi) is 5.22. The largest absolute Gasteiger partial charge is 0.494 e. The van der Waals surface area contributed by atoms with Gasteiger partial charge in [-0.2, -0.15) is 4.98 Å². The molecule has 0 saturated heterocycles. The van der Waals surface area contributed by atoms with Gasteiger partial charge in [0.25, 0.3) is 11.1 Å². The predicted octanol–water partition coefficient (Wildman–Crippen LogP) is 0.928. The highest BCUT2D eigenvalue weighted by Gasteiger charge is 2.24. The van der Waals surface area contributed by atoms with Crippen LogP contribution in [0.4, 0.5) is 0 Å². The van der Waals surface area contributed by atoms with Crippen LogP contribution < -0.4 is 16.8 Å². The number of unbranched alkanes of at least 4 members (excludes halogenated alkanes) is 2. The molecule has 0 aliphatic heterocycles. The van der Waals surface area contributed by atoms with Crippen LogP contribution in [-0.2, 0) is 27.1 Å². The van der Waals surface area contributed by atoms with Crippen molar-refractivity contribution in [1.82, 2.24) is 28.1 Å². The van der Waals surface area contributed by atoms with E-state index in [4.69, 9.17) is 0 Å². The third-order valence-electron chi connectivity index (χ3n) is 5.54. The number of rotatable bonds is 6. The van der Waals surface area contributed by atoms with Crippen molar-refractivity contribution in [3.05, 3.63) is 66.8 Å². The number of nitrogens with zero attached hydrogens (tertiary/aromatic N) is 6. The molecule has 0 bridgehead atoms. The lowest BCUT2D eigenvalue weighted by atomic mass is 10.1. The van der Waals surface area contributed by atoms with Gasteiger partial charge in [0.15, 0.2) is 11.2 Å². The molecule has 0 unspecified atom stereocenters. The first-order chi connectivity index (χ1) is 14.9. The second-order valence-corrected chi connectivity index (χ2v) is 7.60. The van der Waals surface area contributed by atoms with Crippen LogP contribution >= 0.6 is 0 Å². The van der Waals surface area contributed by atoms with Crippen LogP contribution in [0.25, 0.3) is 16.9 Å². The van der Waals surface area contributed by atoms with E-state index in [1.165, 1.54) is 27.6 Å². The average molecular weight is 424 g/mol. The fraction of sp³-hybridized carbons (Fsp3) is 0.381. The lowest BCUT2D eigenvalue weighted by Gasteiger charge is -2.13. The van der Waals surface area contributed by atoms with E-state index in [-0.39, 0.29) is 40.5 Å². The van der Waals surface area contributed by atoms with Gasteiger partial charge in [0.05, 0.1) is 17.8 Å². The van der Waals surface area contributed by atoms with Crippen LogP contribution in [0.3, 0.4) is 0 Å². The molecule has 0 atom stereocenters. The number of pyridine rings is 1. The van der Waals surface area contributed by atoms with E-state index in [2.05, 4.69) is 16.9 Å². The summed E-state index contributed by atoms with van der Waals surface area (Å²) in [5.74, 6) is -0.229. The smallest absolute Gasteiger partial charge is 0.332 e. The first-order valence-corrected chi connectivity index (χ1v) is 10.2. The number of fused-ring (bicyclic) bond motifs is 3. The molecule has 0 aliphatic rings. The van der Waals surface area contributed by atoms with E-state index in [1.54, 1.807) is 18.3 Å². The second kappa shape index (κ2) is 7.86. The van der Waals surface area contributed by atoms with Crippen LogP contribution in [0.1, 0.15) is 37.4 Å². The lowest BCUT2D eigenvalue weighted by Crippen LogP contribution is -2.37. The molecule has 1 N–H and O–H groups in total. The van der Waals surface area contributed by atoms with Crippen LogP contribution in [0, 0.1) is 0 Å². The van der Waals surface area contributed by atoms with Crippen molar-refractivity contribution in [3.63, 3.8) is 0 Å². The molecular weight excluding hydrogens is 400 g/mol. The lowest BCUT2D eigenvalue weighted by molar-refractivity contribution is 0.432. The van der Waals surface area contributed by atoms with Crippen molar-refractivity contribution >= 4 is 16.9 Å². The monoisotopic (exact) mass is 424 g/mol. The topological polar surface area (TPSA) is 116 Å². The summed E-state index contributed by atoms with van der Waals surface area (Å²) in [6.07, 6.45) is 4.57.